The van der Waals surface area contributed by atoms with Gasteiger partial charge in [0.1, 0.15) is 6.04 Å². The van der Waals surface area contributed by atoms with Crippen LogP contribution in [0, 0.1) is 6.92 Å². The second-order valence-electron chi connectivity index (χ2n) is 6.00. The molecule has 126 valence electrons. The van der Waals surface area contributed by atoms with Crippen molar-refractivity contribution in [2.75, 3.05) is 18.7 Å². The number of sulfonamides is 1. The fourth-order valence-corrected chi connectivity index (χ4v) is 6.61. The molecule has 1 amide bonds. The van der Waals surface area contributed by atoms with Crippen molar-refractivity contribution in [1.82, 2.24) is 9.21 Å². The van der Waals surface area contributed by atoms with Crippen molar-refractivity contribution in [3.05, 3.63) is 28.2 Å². The standard InChI is InChI=1S/C15H19BrN2O3S2/c1-10-3-4-11(16)7-14(10)23(20,21)18-9-22-8-13(18)15(19)17(2)12-5-6-12/h3-4,7,12-13H,5-6,8-9H2,1-2H3. The summed E-state index contributed by atoms with van der Waals surface area (Å²) in [6.45, 7) is 1.77. The fraction of sp³-hybridized carbons (Fsp3) is 0.533. The molecule has 1 atom stereocenters. The average molecular weight is 419 g/mol. The number of rotatable bonds is 4. The molecule has 2 fully saturated rings. The zero-order chi connectivity index (χ0) is 16.8. The van der Waals surface area contributed by atoms with Crippen LogP contribution < -0.4 is 0 Å². The van der Waals surface area contributed by atoms with Crippen molar-refractivity contribution in [2.24, 2.45) is 0 Å². The van der Waals surface area contributed by atoms with Gasteiger partial charge in [0.15, 0.2) is 0 Å². The maximum Gasteiger partial charge on any atom is 0.244 e. The van der Waals surface area contributed by atoms with Gasteiger partial charge in [0.05, 0.1) is 10.8 Å². The summed E-state index contributed by atoms with van der Waals surface area (Å²) >= 11 is 4.82. The first kappa shape index (κ1) is 17.3. The molecule has 1 aromatic carbocycles. The molecule has 0 bridgehead atoms. The minimum absolute atomic E-state index is 0.0891. The van der Waals surface area contributed by atoms with E-state index < -0.39 is 16.1 Å². The van der Waals surface area contributed by atoms with E-state index in [9.17, 15) is 13.2 Å². The Morgan fingerprint density at radius 2 is 2.09 bits per heavy atom. The normalized spacial score (nSPS) is 22.3. The number of hydrogen-bond acceptors (Lipinski definition) is 4. The van der Waals surface area contributed by atoms with Crippen LogP contribution in [0.4, 0.5) is 0 Å². The molecule has 1 heterocycles. The third-order valence-corrected chi connectivity index (χ3v) is 7.97. The van der Waals surface area contributed by atoms with Crippen LogP contribution in [0.3, 0.4) is 0 Å². The van der Waals surface area contributed by atoms with Crippen LogP contribution in [0.1, 0.15) is 18.4 Å². The first-order chi connectivity index (χ1) is 10.8. The number of thioether (sulfide) groups is 1. The molecule has 23 heavy (non-hydrogen) atoms. The van der Waals surface area contributed by atoms with Crippen LogP contribution in [0.25, 0.3) is 0 Å². The van der Waals surface area contributed by atoms with Crippen molar-refractivity contribution in [2.45, 2.75) is 36.7 Å². The van der Waals surface area contributed by atoms with E-state index in [1.54, 1.807) is 31.0 Å². The molecule has 1 saturated carbocycles. The minimum atomic E-state index is -3.69. The molecule has 0 spiro atoms. The molecule has 1 aliphatic heterocycles. The maximum atomic E-state index is 13.1. The highest BCUT2D eigenvalue weighted by Crippen LogP contribution is 2.33. The highest BCUT2D eigenvalue weighted by molar-refractivity contribution is 9.10. The fourth-order valence-electron chi connectivity index (χ4n) is 2.71. The summed E-state index contributed by atoms with van der Waals surface area (Å²) in [5.41, 5.74) is 0.687. The third-order valence-electron chi connectivity index (χ3n) is 4.31. The number of benzene rings is 1. The van der Waals surface area contributed by atoms with Gasteiger partial charge < -0.3 is 4.90 Å². The Hall–Kier alpha value is -0.570. The summed E-state index contributed by atoms with van der Waals surface area (Å²) in [5, 5.41) is 0. The van der Waals surface area contributed by atoms with Gasteiger partial charge >= 0.3 is 0 Å². The number of carbonyl (C=O) groups excluding carboxylic acids is 1. The van der Waals surface area contributed by atoms with Gasteiger partial charge in [-0.05, 0) is 37.5 Å². The molecule has 2 aliphatic rings. The lowest BCUT2D eigenvalue weighted by atomic mass is 10.2. The average Bonchev–Trinajstić information content (AvgIpc) is 3.24. The monoisotopic (exact) mass is 418 g/mol. The molecular formula is C15H19BrN2O3S2. The number of carbonyl (C=O) groups is 1. The van der Waals surface area contributed by atoms with Gasteiger partial charge in [-0.15, -0.1) is 11.8 Å². The lowest BCUT2D eigenvalue weighted by Crippen LogP contribution is -2.48. The van der Waals surface area contributed by atoms with Gasteiger partial charge in [0.2, 0.25) is 15.9 Å². The summed E-state index contributed by atoms with van der Waals surface area (Å²) in [4.78, 5) is 14.6. The number of amides is 1. The van der Waals surface area contributed by atoms with Crippen LogP contribution >= 0.6 is 27.7 Å². The molecule has 1 saturated heterocycles. The molecule has 1 aromatic rings. The van der Waals surface area contributed by atoms with Gasteiger partial charge in [0.25, 0.3) is 0 Å². The maximum absolute atomic E-state index is 13.1. The molecule has 1 aliphatic carbocycles. The van der Waals surface area contributed by atoms with Gasteiger partial charge in [-0.3, -0.25) is 4.79 Å². The van der Waals surface area contributed by atoms with E-state index >= 15 is 0 Å². The highest BCUT2D eigenvalue weighted by atomic mass is 79.9. The van der Waals surface area contributed by atoms with E-state index in [-0.39, 0.29) is 16.8 Å². The summed E-state index contributed by atoms with van der Waals surface area (Å²) in [6, 6.07) is 4.88. The van der Waals surface area contributed by atoms with E-state index in [0.717, 1.165) is 12.8 Å². The largest absolute Gasteiger partial charge is 0.341 e. The summed E-state index contributed by atoms with van der Waals surface area (Å²) in [7, 11) is -1.91. The molecule has 0 radical (unpaired) electrons. The number of halogens is 1. The SMILES string of the molecule is Cc1ccc(Br)cc1S(=O)(=O)N1CSCC1C(=O)N(C)C1CC1. The second-order valence-corrected chi connectivity index (χ2v) is 9.77. The molecule has 0 aromatic heterocycles. The van der Waals surface area contributed by atoms with Crippen LogP contribution in [0.2, 0.25) is 0 Å². The lowest BCUT2D eigenvalue weighted by molar-refractivity contribution is -0.133. The Labute approximate surface area is 149 Å². The Kier molecular flexibility index (Phi) is 4.79. The van der Waals surface area contributed by atoms with Crippen molar-refractivity contribution >= 4 is 43.6 Å². The molecular weight excluding hydrogens is 400 g/mol. The minimum Gasteiger partial charge on any atom is -0.341 e. The summed E-state index contributed by atoms with van der Waals surface area (Å²) in [6.07, 6.45) is 2.03. The predicted molar refractivity (Wildman–Crippen MR) is 94.8 cm³/mol. The number of hydrogen-bond donors (Lipinski definition) is 0. The zero-order valence-corrected chi connectivity index (χ0v) is 16.2. The van der Waals surface area contributed by atoms with E-state index in [0.29, 0.717) is 21.7 Å². The Morgan fingerprint density at radius 1 is 1.39 bits per heavy atom. The quantitative estimate of drug-likeness (QED) is 0.753. The topological polar surface area (TPSA) is 57.7 Å². The lowest BCUT2D eigenvalue weighted by Gasteiger charge is -2.27. The molecule has 0 N–H and O–H groups in total. The van der Waals surface area contributed by atoms with Crippen molar-refractivity contribution in [3.8, 4) is 0 Å². The van der Waals surface area contributed by atoms with Crippen LogP contribution in [0.5, 0.6) is 0 Å². The predicted octanol–water partition coefficient (Wildman–Crippen LogP) is 2.44. The van der Waals surface area contributed by atoms with Crippen molar-refractivity contribution in [3.63, 3.8) is 0 Å². The number of nitrogens with zero attached hydrogens (tertiary/aromatic N) is 2. The highest BCUT2D eigenvalue weighted by Gasteiger charge is 2.43. The van der Waals surface area contributed by atoms with E-state index in [4.69, 9.17) is 0 Å². The summed E-state index contributed by atoms with van der Waals surface area (Å²) in [5.74, 6) is 0.750. The van der Waals surface area contributed by atoms with Gasteiger partial charge in [-0.2, -0.15) is 4.31 Å². The molecule has 5 nitrogen and oxygen atoms in total. The third kappa shape index (κ3) is 3.31. The summed E-state index contributed by atoms with van der Waals surface area (Å²) < 4.78 is 28.2. The van der Waals surface area contributed by atoms with Gasteiger partial charge in [-0.1, -0.05) is 22.0 Å². The molecule has 3 rings (SSSR count). The van der Waals surface area contributed by atoms with E-state index in [1.165, 1.54) is 16.1 Å². The molecule has 8 heteroatoms. The van der Waals surface area contributed by atoms with Crippen LogP contribution in [-0.2, 0) is 14.8 Å². The van der Waals surface area contributed by atoms with Crippen molar-refractivity contribution in [1.29, 1.82) is 0 Å². The molecule has 1 unspecified atom stereocenters. The Morgan fingerprint density at radius 3 is 2.74 bits per heavy atom. The van der Waals surface area contributed by atoms with E-state index in [1.807, 2.05) is 6.07 Å². The van der Waals surface area contributed by atoms with E-state index in [2.05, 4.69) is 15.9 Å². The van der Waals surface area contributed by atoms with Crippen LogP contribution in [-0.4, -0.2) is 54.3 Å². The first-order valence-corrected chi connectivity index (χ1v) is 10.8. The number of likely N-dealkylation sites (N-methyl/N-ethyl adjacent to an activating group) is 1. The van der Waals surface area contributed by atoms with Crippen LogP contribution in [0.15, 0.2) is 27.6 Å². The van der Waals surface area contributed by atoms with Crippen molar-refractivity contribution < 1.29 is 13.2 Å². The zero-order valence-electron chi connectivity index (χ0n) is 13.0. The van der Waals surface area contributed by atoms with Gasteiger partial charge in [-0.25, -0.2) is 8.42 Å². The first-order valence-electron chi connectivity index (χ1n) is 7.45. The second kappa shape index (κ2) is 6.38. The number of aryl methyl sites for hydroxylation is 1. The Bertz CT molecular complexity index is 734. The Balaban J connectivity index is 1.91. The van der Waals surface area contributed by atoms with Gasteiger partial charge in [0, 0.05) is 23.3 Å². The smallest absolute Gasteiger partial charge is 0.244 e.